The van der Waals surface area contributed by atoms with Gasteiger partial charge in [0.15, 0.2) is 0 Å². The minimum atomic E-state index is -0.408. The molecule has 0 saturated heterocycles. The molecule has 2 rings (SSSR count). The number of rotatable bonds is 1. The van der Waals surface area contributed by atoms with Gasteiger partial charge in [0, 0.05) is 5.39 Å². The van der Waals surface area contributed by atoms with E-state index in [1.54, 1.807) is 6.07 Å². The molecule has 1 N–H and O–H groups in total. The lowest BCUT2D eigenvalue weighted by Crippen LogP contribution is -2.12. The lowest BCUT2D eigenvalue weighted by molar-refractivity contribution is 1.03. The van der Waals surface area contributed by atoms with Gasteiger partial charge in [-0.25, -0.2) is 4.79 Å². The van der Waals surface area contributed by atoms with E-state index in [1.165, 1.54) is 0 Å². The highest BCUT2D eigenvalue weighted by Gasteiger charge is 2.02. The second-order valence-corrected chi connectivity index (χ2v) is 2.87. The third kappa shape index (κ3) is 1.36. The van der Waals surface area contributed by atoms with Crippen LogP contribution in [0, 0.1) is 11.3 Å². The van der Waals surface area contributed by atoms with E-state index >= 15 is 0 Å². The van der Waals surface area contributed by atoms with Crippen LogP contribution in [0.5, 0.6) is 0 Å². The van der Waals surface area contributed by atoms with Crippen molar-refractivity contribution in [2.45, 2.75) is 6.42 Å². The molecule has 0 atom stereocenters. The van der Waals surface area contributed by atoms with E-state index < -0.39 is 5.69 Å². The minimum Gasteiger partial charge on any atom is -0.305 e. The summed E-state index contributed by atoms with van der Waals surface area (Å²) in [5.41, 5.74) is 0.846. The fourth-order valence-electron chi connectivity index (χ4n) is 1.38. The molecule has 0 aliphatic rings. The van der Waals surface area contributed by atoms with Gasteiger partial charge < -0.3 is 4.98 Å². The van der Waals surface area contributed by atoms with Crippen LogP contribution < -0.4 is 5.69 Å². The van der Waals surface area contributed by atoms with Crippen LogP contribution in [0.4, 0.5) is 0 Å². The van der Waals surface area contributed by atoms with Crippen molar-refractivity contribution >= 4 is 10.9 Å². The Morgan fingerprint density at radius 3 is 3.00 bits per heavy atom. The van der Waals surface area contributed by atoms with Gasteiger partial charge in [-0.2, -0.15) is 10.2 Å². The average Bonchev–Trinajstić information content (AvgIpc) is 2.18. The van der Waals surface area contributed by atoms with Gasteiger partial charge >= 0.3 is 5.69 Å². The number of para-hydroxylation sites is 1. The fourth-order valence-corrected chi connectivity index (χ4v) is 1.38. The molecular weight excluding hydrogens is 178 g/mol. The fraction of sp³-hybridized carbons (Fsp3) is 0.100. The van der Waals surface area contributed by atoms with Gasteiger partial charge in [0.1, 0.15) is 0 Å². The van der Waals surface area contributed by atoms with Crippen LogP contribution in [0.2, 0.25) is 0 Å². The number of hydrogen-bond acceptors (Lipinski definition) is 3. The Hall–Kier alpha value is -2.15. The minimum absolute atomic E-state index is 0.157. The summed E-state index contributed by atoms with van der Waals surface area (Å²) in [6, 6.07) is 9.30. The van der Waals surface area contributed by atoms with Gasteiger partial charge in [0.25, 0.3) is 0 Å². The lowest BCUT2D eigenvalue weighted by atomic mass is 10.1. The lowest BCUT2D eigenvalue weighted by Gasteiger charge is -1.99. The molecule has 0 unspecified atom stereocenters. The standard InChI is InChI=1S/C10H7N3O/c11-6-5-9-7-3-1-2-4-8(7)12-10(14)13-9/h1-4H,5H2,(H,12,13,14). The zero-order chi connectivity index (χ0) is 9.97. The third-order valence-electron chi connectivity index (χ3n) is 1.96. The van der Waals surface area contributed by atoms with Crippen LogP contribution in [0.3, 0.4) is 0 Å². The zero-order valence-electron chi connectivity index (χ0n) is 7.32. The van der Waals surface area contributed by atoms with Gasteiger partial charge in [-0.1, -0.05) is 18.2 Å². The smallest absolute Gasteiger partial charge is 0.305 e. The second kappa shape index (κ2) is 3.30. The molecule has 68 valence electrons. The summed E-state index contributed by atoms with van der Waals surface area (Å²) >= 11 is 0. The summed E-state index contributed by atoms with van der Waals surface area (Å²) in [6.45, 7) is 0. The first-order valence-electron chi connectivity index (χ1n) is 4.16. The maximum atomic E-state index is 11.1. The summed E-state index contributed by atoms with van der Waals surface area (Å²) in [6.07, 6.45) is 0.157. The van der Waals surface area contributed by atoms with E-state index in [0.29, 0.717) is 5.69 Å². The van der Waals surface area contributed by atoms with Gasteiger partial charge in [-0.3, -0.25) is 0 Å². The summed E-state index contributed by atoms with van der Waals surface area (Å²) in [5.74, 6) is 0. The molecule has 4 nitrogen and oxygen atoms in total. The van der Waals surface area contributed by atoms with Crippen molar-refractivity contribution < 1.29 is 0 Å². The van der Waals surface area contributed by atoms with Gasteiger partial charge in [-0.05, 0) is 6.07 Å². The van der Waals surface area contributed by atoms with Crippen molar-refractivity contribution in [2.75, 3.05) is 0 Å². The van der Waals surface area contributed by atoms with Crippen LogP contribution in [0.1, 0.15) is 5.69 Å². The average molecular weight is 185 g/mol. The number of nitriles is 1. The Bertz CT molecular complexity index is 565. The molecule has 0 bridgehead atoms. The summed E-state index contributed by atoms with van der Waals surface area (Å²) in [4.78, 5) is 17.5. The van der Waals surface area contributed by atoms with Crippen molar-refractivity contribution in [1.82, 2.24) is 9.97 Å². The van der Waals surface area contributed by atoms with E-state index in [0.717, 1.165) is 10.9 Å². The van der Waals surface area contributed by atoms with E-state index in [2.05, 4.69) is 9.97 Å². The second-order valence-electron chi connectivity index (χ2n) is 2.87. The number of aromatic nitrogens is 2. The molecule has 0 aliphatic heterocycles. The normalized spacial score (nSPS) is 9.93. The molecule has 0 aliphatic carbocycles. The first-order chi connectivity index (χ1) is 6.81. The maximum absolute atomic E-state index is 11.1. The number of nitrogens with one attached hydrogen (secondary N) is 1. The number of hydrogen-bond donors (Lipinski definition) is 1. The topological polar surface area (TPSA) is 69.5 Å². The first kappa shape index (κ1) is 8.45. The van der Waals surface area contributed by atoms with E-state index in [9.17, 15) is 4.79 Å². The van der Waals surface area contributed by atoms with Crippen molar-refractivity contribution in [3.8, 4) is 6.07 Å². The van der Waals surface area contributed by atoms with Crippen LogP contribution in [0.15, 0.2) is 29.1 Å². The van der Waals surface area contributed by atoms with Crippen molar-refractivity contribution in [3.63, 3.8) is 0 Å². The molecule has 0 spiro atoms. The quantitative estimate of drug-likeness (QED) is 0.720. The molecule has 0 amide bonds. The van der Waals surface area contributed by atoms with Crippen LogP contribution in [-0.2, 0) is 6.42 Å². The Morgan fingerprint density at radius 1 is 1.43 bits per heavy atom. The van der Waals surface area contributed by atoms with Gasteiger partial charge in [0.2, 0.25) is 0 Å². The van der Waals surface area contributed by atoms with E-state index in [1.807, 2.05) is 24.3 Å². The first-order valence-corrected chi connectivity index (χ1v) is 4.16. The molecule has 0 saturated carbocycles. The molecule has 4 heteroatoms. The summed E-state index contributed by atoms with van der Waals surface area (Å²) < 4.78 is 0. The predicted octanol–water partition coefficient (Wildman–Crippen LogP) is 0.989. The highest BCUT2D eigenvalue weighted by molar-refractivity contribution is 5.80. The predicted molar refractivity (Wildman–Crippen MR) is 51.7 cm³/mol. The Balaban J connectivity index is 2.81. The number of aromatic amines is 1. The molecule has 2 aromatic rings. The molecular formula is C10H7N3O. The number of H-pyrrole nitrogens is 1. The number of fused-ring (bicyclic) bond motifs is 1. The Kier molecular flexibility index (Phi) is 1.99. The molecule has 1 aromatic heterocycles. The number of benzene rings is 1. The van der Waals surface area contributed by atoms with Crippen molar-refractivity contribution in [1.29, 1.82) is 5.26 Å². The van der Waals surface area contributed by atoms with E-state index in [4.69, 9.17) is 5.26 Å². The Labute approximate surface area is 79.8 Å². The SMILES string of the molecule is N#CCc1nc(=O)[nH]c2ccccc12. The molecule has 14 heavy (non-hydrogen) atoms. The maximum Gasteiger partial charge on any atom is 0.345 e. The highest BCUT2D eigenvalue weighted by atomic mass is 16.1. The molecule has 1 heterocycles. The molecule has 0 fully saturated rings. The molecule has 0 radical (unpaired) electrons. The zero-order valence-corrected chi connectivity index (χ0v) is 7.32. The number of nitrogens with zero attached hydrogens (tertiary/aromatic N) is 2. The summed E-state index contributed by atoms with van der Waals surface area (Å²) in [5, 5.41) is 9.40. The van der Waals surface area contributed by atoms with Crippen molar-refractivity contribution in [3.05, 3.63) is 40.4 Å². The third-order valence-corrected chi connectivity index (χ3v) is 1.96. The largest absolute Gasteiger partial charge is 0.345 e. The van der Waals surface area contributed by atoms with Gasteiger partial charge in [-0.15, -0.1) is 0 Å². The monoisotopic (exact) mass is 185 g/mol. The molecule has 1 aromatic carbocycles. The van der Waals surface area contributed by atoms with Crippen LogP contribution >= 0.6 is 0 Å². The van der Waals surface area contributed by atoms with Crippen LogP contribution in [0.25, 0.3) is 10.9 Å². The van der Waals surface area contributed by atoms with Crippen LogP contribution in [-0.4, -0.2) is 9.97 Å². The van der Waals surface area contributed by atoms with Crippen molar-refractivity contribution in [2.24, 2.45) is 0 Å². The Morgan fingerprint density at radius 2 is 2.21 bits per heavy atom. The highest BCUT2D eigenvalue weighted by Crippen LogP contribution is 2.12. The van der Waals surface area contributed by atoms with Gasteiger partial charge in [0.05, 0.1) is 23.7 Å². The van der Waals surface area contributed by atoms with E-state index in [-0.39, 0.29) is 6.42 Å². The summed E-state index contributed by atoms with van der Waals surface area (Å²) in [7, 11) is 0.